The number of hydrogen-bond donors (Lipinski definition) is 9. The number of carboxylic acids is 3. The lowest BCUT2D eigenvalue weighted by atomic mass is 10.1. The van der Waals surface area contributed by atoms with Crippen LogP contribution in [0.15, 0.2) is 88.3 Å². The molecule has 0 saturated carbocycles. The lowest BCUT2D eigenvalue weighted by molar-refractivity contribution is -0.141. The van der Waals surface area contributed by atoms with Crippen LogP contribution in [0.1, 0.15) is 83.4 Å². The predicted octanol–water partition coefficient (Wildman–Crippen LogP) is 3.18. The number of aliphatic imine (C=N–C) groups is 2. The van der Waals surface area contributed by atoms with E-state index in [2.05, 4.69) is 30.7 Å². The Labute approximate surface area is 446 Å². The van der Waals surface area contributed by atoms with Crippen LogP contribution < -0.4 is 43.0 Å². The largest absolute Gasteiger partial charge is 0.491 e. The van der Waals surface area contributed by atoms with Gasteiger partial charge in [-0.2, -0.15) is 5.10 Å². The van der Waals surface area contributed by atoms with E-state index in [1.807, 2.05) is 6.92 Å². The summed E-state index contributed by atoms with van der Waals surface area (Å²) in [5.74, 6) is -5.86. The zero-order valence-electron chi connectivity index (χ0n) is 43.6. The number of nitrogens with one attached hydrogen (secondary N) is 2. The third-order valence-corrected chi connectivity index (χ3v) is 11.4. The van der Waals surface area contributed by atoms with Crippen molar-refractivity contribution in [3.05, 3.63) is 101 Å². The number of allylic oxidation sites excluding steroid dienone is 4. The van der Waals surface area contributed by atoms with Gasteiger partial charge >= 0.3 is 17.9 Å². The highest BCUT2D eigenvalue weighted by Gasteiger charge is 2.25. The number of imidazole rings is 2. The molecule has 5 rings (SSSR count). The van der Waals surface area contributed by atoms with Gasteiger partial charge < -0.3 is 61.8 Å². The molecule has 0 aliphatic heterocycles. The zero-order valence-corrected chi connectivity index (χ0v) is 43.6. The van der Waals surface area contributed by atoms with Crippen molar-refractivity contribution in [3.8, 4) is 11.5 Å². The van der Waals surface area contributed by atoms with Crippen molar-refractivity contribution in [2.75, 3.05) is 44.0 Å². The molecule has 13 N–H and O–H groups in total. The Balaban J connectivity index is 1.55. The van der Waals surface area contributed by atoms with E-state index in [1.165, 1.54) is 59.4 Å². The number of amides is 4. The van der Waals surface area contributed by atoms with E-state index in [4.69, 9.17) is 37.4 Å². The molecule has 0 atom stereocenters. The lowest BCUT2D eigenvalue weighted by Gasteiger charge is -2.28. The number of aryl methyl sites for hydroxylation is 2. The molecule has 0 radical (unpaired) electrons. The zero-order chi connectivity index (χ0) is 57.2. The van der Waals surface area contributed by atoms with E-state index in [9.17, 15) is 48.9 Å². The highest BCUT2D eigenvalue weighted by Crippen LogP contribution is 2.33. The first-order valence-corrected chi connectivity index (χ1v) is 24.3. The van der Waals surface area contributed by atoms with Crippen molar-refractivity contribution in [1.29, 1.82) is 0 Å². The van der Waals surface area contributed by atoms with Gasteiger partial charge in [0.15, 0.2) is 0 Å². The first-order chi connectivity index (χ1) is 37.1. The number of aliphatic carboxylic acids is 3. The highest BCUT2D eigenvalue weighted by molar-refractivity contribution is 6.47. The average Bonchev–Trinajstić information content (AvgIpc) is 4.08. The van der Waals surface area contributed by atoms with Crippen LogP contribution in [0.2, 0.25) is 0 Å². The van der Waals surface area contributed by atoms with Crippen LogP contribution in [0, 0.1) is 6.92 Å². The summed E-state index contributed by atoms with van der Waals surface area (Å²) < 4.78 is 17.1. The summed E-state index contributed by atoms with van der Waals surface area (Å²) in [6.07, 6.45) is 9.72. The molecule has 78 heavy (non-hydrogen) atoms. The molecule has 0 aliphatic rings. The molecular weight excluding hydrogens is 1010 g/mol. The number of aromatic nitrogens is 6. The topological polar surface area (TPSA) is 408 Å². The molecule has 414 valence electrons. The normalized spacial score (nSPS) is 12.4. The lowest BCUT2D eigenvalue weighted by Crippen LogP contribution is -2.36. The van der Waals surface area contributed by atoms with Crippen LogP contribution in [-0.2, 0) is 38.8 Å². The molecule has 27 nitrogen and oxygen atoms in total. The van der Waals surface area contributed by atoms with Gasteiger partial charge in [0.05, 0.1) is 48.4 Å². The number of fused-ring (bicyclic) bond motifs is 2. The minimum atomic E-state index is -1.18. The number of nitrogens with two attached hydrogens (primary N) is 4. The molecule has 3 heterocycles. The second-order valence-corrected chi connectivity index (χ2v) is 17.3. The van der Waals surface area contributed by atoms with Crippen molar-refractivity contribution >= 4 is 87.4 Å². The standard InChI is InChI=1S/C51H63N15O12/c1-6-57-37(19-29(3)53)48(75)60-50-58-35-21-32(47(55)74)24-40(78-18-12-13-41(67)68)45(35)64(50)15-9-10-16-65-44-36(59-51(65)61-49(76)38-20-30(4)62-66(38)7-2)22-31(46(54)73)23-39(44)77-17-11-8-14-56-28-34(27-52)63(5)33(25-42(69)70)26-43(71)72/h8-11,19-24,27-28,33H,6-7,12-18,25-26,52-53H2,1-5H3,(H2,54,73)(H2,55,74)(H,67,68)(H,69,70)(H,71,72)(H,58,60,75)(H,59,61,76)/b10-9+,11-8+,29-19-,34-27+,56-28?,57-37?. The third-order valence-electron chi connectivity index (χ3n) is 11.4. The van der Waals surface area contributed by atoms with Gasteiger partial charge in [0.25, 0.3) is 11.8 Å². The highest BCUT2D eigenvalue weighted by atomic mass is 16.5. The van der Waals surface area contributed by atoms with E-state index >= 15 is 0 Å². The van der Waals surface area contributed by atoms with Crippen molar-refractivity contribution in [3.63, 3.8) is 0 Å². The van der Waals surface area contributed by atoms with E-state index in [0.717, 1.165) is 0 Å². The Morgan fingerprint density at radius 2 is 1.37 bits per heavy atom. The summed E-state index contributed by atoms with van der Waals surface area (Å²) in [5.41, 5.74) is 25.8. The van der Waals surface area contributed by atoms with Gasteiger partial charge in [0.1, 0.15) is 40.5 Å². The molecule has 0 saturated heterocycles. The van der Waals surface area contributed by atoms with Gasteiger partial charge in [-0.05, 0) is 76.6 Å². The minimum absolute atomic E-state index is 0.00421. The first kappa shape index (κ1) is 59.1. The van der Waals surface area contributed by atoms with Crippen molar-refractivity contribution in [2.45, 2.75) is 79.1 Å². The first-order valence-electron chi connectivity index (χ1n) is 24.3. The summed E-state index contributed by atoms with van der Waals surface area (Å²) >= 11 is 0. The number of carbonyl (C=O) groups is 7. The number of carbonyl (C=O) groups excluding carboxylic acids is 4. The summed E-state index contributed by atoms with van der Waals surface area (Å²) in [5, 5.41) is 38.0. The second-order valence-electron chi connectivity index (χ2n) is 17.3. The molecule has 0 unspecified atom stereocenters. The number of nitrogens with zero attached hydrogens (tertiary/aromatic N) is 9. The third kappa shape index (κ3) is 15.9. The summed E-state index contributed by atoms with van der Waals surface area (Å²) in [4.78, 5) is 106. The molecule has 27 heteroatoms. The number of rotatable bonds is 30. The Hall–Kier alpha value is -9.82. The number of ether oxygens (including phenoxy) is 2. The van der Waals surface area contributed by atoms with Crippen LogP contribution in [0.25, 0.3) is 22.1 Å². The Kier molecular flexibility index (Phi) is 20.9. The molecule has 0 fully saturated rings. The molecular formula is C51H63N15O12. The fraction of sp³-hybridized carbons (Fsp3) is 0.333. The van der Waals surface area contributed by atoms with Gasteiger partial charge in [-0.25, -0.2) is 9.97 Å². The molecule has 0 spiro atoms. The summed E-state index contributed by atoms with van der Waals surface area (Å²) in [7, 11) is 1.51. The number of carboxylic acid groups (broad SMARTS) is 3. The molecule has 3 aromatic heterocycles. The maximum atomic E-state index is 14.0. The fourth-order valence-electron chi connectivity index (χ4n) is 7.85. The monoisotopic (exact) mass is 1080 g/mol. The smallest absolute Gasteiger partial charge is 0.305 e. The van der Waals surface area contributed by atoms with E-state index in [1.54, 1.807) is 60.3 Å². The van der Waals surface area contributed by atoms with Gasteiger partial charge in [-0.3, -0.25) is 58.9 Å². The predicted molar refractivity (Wildman–Crippen MR) is 289 cm³/mol. The SMILES string of the molecule is CCN=C(/C=C(/C)N)C(=O)Nc1nc2cc(C(N)=O)cc(OCCCC(=O)O)c2n1C/C=C/Cn1c(NC(=O)c2cc(C)nn2CC)nc2cc(C(N)=O)cc(OC/C=C/CN=C/C(=C\N)N(C)C(CC(=O)O)CC(=O)O)c21. The van der Waals surface area contributed by atoms with Gasteiger partial charge in [0.2, 0.25) is 23.7 Å². The van der Waals surface area contributed by atoms with Crippen molar-refractivity contribution in [1.82, 2.24) is 33.8 Å². The maximum absolute atomic E-state index is 14.0. The number of benzene rings is 2. The second kappa shape index (κ2) is 27.6. The van der Waals surface area contributed by atoms with Crippen molar-refractivity contribution < 1.29 is 58.4 Å². The van der Waals surface area contributed by atoms with Crippen LogP contribution in [0.3, 0.4) is 0 Å². The van der Waals surface area contributed by atoms with Gasteiger partial charge in [-0.1, -0.05) is 18.2 Å². The van der Waals surface area contributed by atoms with Crippen LogP contribution in [0.4, 0.5) is 11.9 Å². The minimum Gasteiger partial charge on any atom is -0.491 e. The quantitative estimate of drug-likeness (QED) is 0.0181. The maximum Gasteiger partial charge on any atom is 0.305 e. The number of anilines is 2. The molecule has 0 aliphatic carbocycles. The Morgan fingerprint density at radius 3 is 1.88 bits per heavy atom. The van der Waals surface area contributed by atoms with E-state index in [-0.39, 0.29) is 115 Å². The number of primary amides is 2. The van der Waals surface area contributed by atoms with E-state index in [0.29, 0.717) is 29.0 Å². The summed E-state index contributed by atoms with van der Waals surface area (Å²) in [6.45, 7) is 7.49. The molecule has 5 aromatic rings. The summed E-state index contributed by atoms with van der Waals surface area (Å²) in [6, 6.07) is 6.42. The number of hydrogen-bond acceptors (Lipinski definition) is 17. The Morgan fingerprint density at radius 1 is 0.795 bits per heavy atom. The van der Waals surface area contributed by atoms with E-state index < -0.39 is 60.4 Å². The molecule has 2 aromatic carbocycles. The molecule has 0 bridgehead atoms. The Bertz CT molecular complexity index is 3250. The van der Waals surface area contributed by atoms with Crippen LogP contribution in [-0.4, -0.2) is 142 Å². The average molecular weight is 1080 g/mol. The fourth-order valence-corrected chi connectivity index (χ4v) is 7.85. The van der Waals surface area contributed by atoms with Gasteiger partial charge in [-0.15, -0.1) is 0 Å². The van der Waals surface area contributed by atoms with Crippen LogP contribution >= 0.6 is 0 Å². The molecule has 4 amide bonds. The van der Waals surface area contributed by atoms with Crippen molar-refractivity contribution in [2.24, 2.45) is 32.9 Å². The van der Waals surface area contributed by atoms with Gasteiger partial charge in [0, 0.05) is 74.9 Å². The van der Waals surface area contributed by atoms with Crippen LogP contribution in [0.5, 0.6) is 11.5 Å².